The van der Waals surface area contributed by atoms with Crippen LogP contribution < -0.4 is 16.0 Å². The first kappa shape index (κ1) is 53.1. The van der Waals surface area contributed by atoms with E-state index in [2.05, 4.69) is 48.9 Å². The van der Waals surface area contributed by atoms with Gasteiger partial charge in [0.15, 0.2) is 5.11 Å². The molecule has 0 saturated carbocycles. The molecule has 2 aromatic carbocycles. The Morgan fingerprint density at radius 1 is 0.517 bits per heavy atom. The van der Waals surface area contributed by atoms with Crippen LogP contribution in [0, 0.1) is 10.1 Å². The number of carbonyl (C=O) groups excluding carboxylic acids is 1. The smallest absolute Gasteiger partial charge is 0.269 e. The molecule has 2 rings (SSSR count). The van der Waals surface area contributed by atoms with E-state index >= 15 is 0 Å². The van der Waals surface area contributed by atoms with Crippen LogP contribution in [0.4, 0.5) is 11.4 Å². The van der Waals surface area contributed by atoms with E-state index in [1.807, 2.05) is 0 Å². The van der Waals surface area contributed by atoms with Gasteiger partial charge in [0, 0.05) is 36.5 Å². The summed E-state index contributed by atoms with van der Waals surface area (Å²) in [4.78, 5) is 24.3. The molecule has 7 nitrogen and oxygen atoms in total. The van der Waals surface area contributed by atoms with E-state index in [4.69, 9.17) is 12.2 Å². The SMILES string of the molecule is CCCCCCCCCCCCc1cc(C(=O)NCCNC(=S)Nc2ccc([N+](=O)[O-])cc2)cc(CCCCCCCCCCCC)c1CCCCCCCCCCCC. The van der Waals surface area contributed by atoms with Crippen molar-refractivity contribution >= 4 is 34.6 Å². The molecule has 0 saturated heterocycles. The molecule has 2 aromatic rings. The summed E-state index contributed by atoms with van der Waals surface area (Å²) < 4.78 is 0. The third-order valence-electron chi connectivity index (χ3n) is 12.1. The molecule has 0 bridgehead atoms. The Hall–Kier alpha value is -3.00. The average Bonchev–Trinajstić information content (AvgIpc) is 3.24. The molecule has 3 N–H and O–H groups in total. The van der Waals surface area contributed by atoms with Crippen LogP contribution in [0.3, 0.4) is 0 Å². The molecular formula is C52H88N4O3S. The van der Waals surface area contributed by atoms with Crippen molar-refractivity contribution in [2.45, 2.75) is 233 Å². The van der Waals surface area contributed by atoms with Crippen LogP contribution in [0.1, 0.15) is 240 Å². The molecule has 0 heterocycles. The van der Waals surface area contributed by atoms with Crippen molar-refractivity contribution in [1.82, 2.24) is 10.6 Å². The Balaban J connectivity index is 2.07. The molecule has 0 spiro atoms. The Kier molecular flexibility index (Phi) is 32.4. The average molecular weight is 849 g/mol. The third-order valence-corrected chi connectivity index (χ3v) is 12.4. The number of aryl methyl sites for hydroxylation is 2. The maximum Gasteiger partial charge on any atom is 0.269 e. The number of hydrogen-bond acceptors (Lipinski definition) is 4. The molecule has 0 aromatic heterocycles. The van der Waals surface area contributed by atoms with Gasteiger partial charge in [0.25, 0.3) is 11.6 Å². The second-order valence-electron chi connectivity index (χ2n) is 17.5. The summed E-state index contributed by atoms with van der Waals surface area (Å²) in [6.07, 6.45) is 43.2. The van der Waals surface area contributed by atoms with E-state index in [0.717, 1.165) is 24.8 Å². The molecule has 0 fully saturated rings. The lowest BCUT2D eigenvalue weighted by atomic mass is 9.88. The summed E-state index contributed by atoms with van der Waals surface area (Å²) in [5, 5.41) is 20.8. The number of hydrogen-bond donors (Lipinski definition) is 3. The summed E-state index contributed by atoms with van der Waals surface area (Å²) in [5.41, 5.74) is 5.86. The number of nitro groups is 1. The van der Waals surface area contributed by atoms with Crippen molar-refractivity contribution < 1.29 is 9.72 Å². The normalized spacial score (nSPS) is 11.2. The van der Waals surface area contributed by atoms with Crippen LogP contribution in [0.5, 0.6) is 0 Å². The fourth-order valence-corrected chi connectivity index (χ4v) is 8.61. The topological polar surface area (TPSA) is 96.3 Å². The standard InChI is InChI=1S/C52H88N4O3S/c1-4-7-10-13-16-19-22-25-28-31-34-45-43-47(51(57)53-41-42-54-52(60)55-48-37-39-49(40-38-48)56(58)59)44-46(35-32-29-26-23-20-17-14-11-8-5-2)50(45)36-33-30-27-24-21-18-15-12-9-6-3/h37-40,43-44H,4-36,41-42H2,1-3H3,(H,53,57)(H2,54,55,60). The molecule has 0 aliphatic rings. The number of thiocarbonyl (C=S) groups is 1. The summed E-state index contributed by atoms with van der Waals surface area (Å²) in [6.45, 7) is 7.77. The van der Waals surface area contributed by atoms with E-state index < -0.39 is 4.92 Å². The first-order valence-electron chi connectivity index (χ1n) is 25.1. The Labute approximate surface area is 373 Å². The lowest BCUT2D eigenvalue weighted by Crippen LogP contribution is -2.36. The quantitative estimate of drug-likeness (QED) is 0.0268. The molecule has 0 atom stereocenters. The molecule has 340 valence electrons. The fourth-order valence-electron chi connectivity index (χ4n) is 8.39. The van der Waals surface area contributed by atoms with E-state index in [1.165, 1.54) is 216 Å². The van der Waals surface area contributed by atoms with Crippen molar-refractivity contribution in [3.05, 3.63) is 68.8 Å². The Morgan fingerprint density at radius 2 is 0.867 bits per heavy atom. The highest BCUT2D eigenvalue weighted by molar-refractivity contribution is 7.80. The predicted octanol–water partition coefficient (Wildman–Crippen LogP) is 15.7. The number of nitro benzene ring substituents is 1. The molecule has 0 aliphatic heterocycles. The van der Waals surface area contributed by atoms with Crippen molar-refractivity contribution in [3.63, 3.8) is 0 Å². The van der Waals surface area contributed by atoms with Crippen LogP contribution in [0.2, 0.25) is 0 Å². The van der Waals surface area contributed by atoms with Gasteiger partial charge in [0.1, 0.15) is 0 Å². The number of nitrogens with one attached hydrogen (secondary N) is 3. The number of non-ortho nitro benzene ring substituents is 1. The first-order chi connectivity index (χ1) is 29.4. The largest absolute Gasteiger partial charge is 0.361 e. The van der Waals surface area contributed by atoms with Gasteiger partial charge >= 0.3 is 0 Å². The van der Waals surface area contributed by atoms with Crippen LogP contribution in [-0.4, -0.2) is 29.0 Å². The summed E-state index contributed by atoms with van der Waals surface area (Å²) >= 11 is 5.45. The molecular weight excluding hydrogens is 761 g/mol. The molecule has 8 heteroatoms. The summed E-state index contributed by atoms with van der Waals surface area (Å²) in [7, 11) is 0. The maximum absolute atomic E-state index is 13.8. The van der Waals surface area contributed by atoms with Gasteiger partial charge in [-0.1, -0.05) is 194 Å². The van der Waals surface area contributed by atoms with Gasteiger partial charge in [-0.2, -0.15) is 0 Å². The minimum Gasteiger partial charge on any atom is -0.361 e. The van der Waals surface area contributed by atoms with E-state index in [9.17, 15) is 14.9 Å². The number of rotatable bonds is 39. The van der Waals surface area contributed by atoms with Gasteiger partial charge in [0.2, 0.25) is 0 Å². The maximum atomic E-state index is 13.8. The second-order valence-corrected chi connectivity index (χ2v) is 17.9. The fraction of sp³-hybridized carbons (Fsp3) is 0.731. The van der Waals surface area contributed by atoms with Crippen molar-refractivity contribution in [1.29, 1.82) is 0 Å². The minimum atomic E-state index is -0.419. The van der Waals surface area contributed by atoms with Crippen LogP contribution in [0.15, 0.2) is 36.4 Å². The monoisotopic (exact) mass is 849 g/mol. The van der Waals surface area contributed by atoms with Crippen LogP contribution >= 0.6 is 12.2 Å². The number of unbranched alkanes of at least 4 members (excludes halogenated alkanes) is 27. The van der Waals surface area contributed by atoms with Crippen LogP contribution in [-0.2, 0) is 19.3 Å². The second kappa shape index (κ2) is 36.6. The zero-order valence-electron chi connectivity index (χ0n) is 38.8. The highest BCUT2D eigenvalue weighted by Crippen LogP contribution is 2.26. The molecule has 0 radical (unpaired) electrons. The number of anilines is 1. The first-order valence-corrected chi connectivity index (χ1v) is 25.5. The van der Waals surface area contributed by atoms with Crippen LogP contribution in [0.25, 0.3) is 0 Å². The number of nitrogens with zero attached hydrogens (tertiary/aromatic N) is 1. The number of benzene rings is 2. The van der Waals surface area contributed by atoms with Gasteiger partial charge in [-0.05, 0) is 91.7 Å². The zero-order valence-corrected chi connectivity index (χ0v) is 39.6. The lowest BCUT2D eigenvalue weighted by molar-refractivity contribution is -0.384. The third kappa shape index (κ3) is 26.4. The molecule has 0 unspecified atom stereocenters. The highest BCUT2D eigenvalue weighted by atomic mass is 32.1. The van der Waals surface area contributed by atoms with Gasteiger partial charge < -0.3 is 16.0 Å². The van der Waals surface area contributed by atoms with Crippen molar-refractivity contribution in [2.75, 3.05) is 18.4 Å². The number of carbonyl (C=O) groups is 1. The van der Waals surface area contributed by atoms with E-state index in [0.29, 0.717) is 23.9 Å². The molecule has 60 heavy (non-hydrogen) atoms. The van der Waals surface area contributed by atoms with Gasteiger partial charge in [-0.15, -0.1) is 0 Å². The highest BCUT2D eigenvalue weighted by Gasteiger charge is 2.16. The van der Waals surface area contributed by atoms with Crippen molar-refractivity contribution in [3.8, 4) is 0 Å². The summed E-state index contributed by atoms with van der Waals surface area (Å²) in [5.74, 6) is -0.0230. The van der Waals surface area contributed by atoms with E-state index in [-0.39, 0.29) is 11.6 Å². The van der Waals surface area contributed by atoms with Gasteiger partial charge in [0.05, 0.1) is 4.92 Å². The summed E-state index contributed by atoms with van der Waals surface area (Å²) in [6, 6.07) is 10.6. The Bertz CT molecular complexity index is 1350. The lowest BCUT2D eigenvalue weighted by Gasteiger charge is -2.18. The Morgan fingerprint density at radius 3 is 1.25 bits per heavy atom. The van der Waals surface area contributed by atoms with E-state index in [1.54, 1.807) is 17.7 Å². The molecule has 1 amide bonds. The minimum absolute atomic E-state index is 0.0230. The van der Waals surface area contributed by atoms with Crippen molar-refractivity contribution in [2.24, 2.45) is 0 Å². The molecule has 0 aliphatic carbocycles. The zero-order chi connectivity index (χ0) is 43.3. The van der Waals surface area contributed by atoms with Gasteiger partial charge in [-0.25, -0.2) is 0 Å². The van der Waals surface area contributed by atoms with Gasteiger partial charge in [-0.3, -0.25) is 14.9 Å². The predicted molar refractivity (Wildman–Crippen MR) is 263 cm³/mol. The number of amides is 1.